The quantitative estimate of drug-likeness (QED) is 0.290. The number of pyridine rings is 1. The van der Waals surface area contributed by atoms with Crippen molar-refractivity contribution in [2.45, 2.75) is 31.3 Å². The number of carbonyl (C=O) groups excluding carboxylic acids is 3. The van der Waals surface area contributed by atoms with Gasteiger partial charge in [0.25, 0.3) is 21.5 Å². The van der Waals surface area contributed by atoms with E-state index in [0.29, 0.717) is 26.9 Å². The fraction of sp³-hybridized carbons (Fsp3) is 0.172. The van der Waals surface area contributed by atoms with Gasteiger partial charge in [-0.1, -0.05) is 48.9 Å². The largest absolute Gasteiger partial charge is 0.448 e. The van der Waals surface area contributed by atoms with E-state index in [4.69, 9.17) is 16.3 Å². The van der Waals surface area contributed by atoms with Crippen molar-refractivity contribution in [2.75, 3.05) is 5.32 Å². The number of esters is 1. The molecule has 0 aliphatic heterocycles. The van der Waals surface area contributed by atoms with Gasteiger partial charge in [-0.3, -0.25) is 14.4 Å². The number of benzene rings is 3. The Morgan fingerprint density at radius 1 is 0.951 bits per heavy atom. The van der Waals surface area contributed by atoms with Gasteiger partial charge in [-0.15, -0.1) is 0 Å². The van der Waals surface area contributed by atoms with Crippen LogP contribution in [0.5, 0.6) is 0 Å². The van der Waals surface area contributed by atoms with Gasteiger partial charge in [0, 0.05) is 35.6 Å². The standard InChI is InChI=1S/C29H26ClN3O7S/c1-4-24(27(35)31-20-13-15-21(16-14-20)41(38,39)32-17(2)34)40-29(37)26-25(18-9-11-19(30)12-10-18)22-7-5-6-8-23(22)28(36)33(26)3/h5-16,24H,4H2,1-3H3,(H,31,35)(H,32,34). The molecular formula is C29H26ClN3O7S. The molecule has 4 aromatic rings. The van der Waals surface area contributed by atoms with E-state index in [1.54, 1.807) is 55.5 Å². The number of anilines is 1. The Morgan fingerprint density at radius 2 is 1.56 bits per heavy atom. The first-order chi connectivity index (χ1) is 19.4. The number of halogens is 1. The third-order valence-corrected chi connectivity index (χ3v) is 7.95. The molecule has 12 heteroatoms. The maximum Gasteiger partial charge on any atom is 0.356 e. The Balaban J connectivity index is 1.64. The van der Waals surface area contributed by atoms with Crippen LogP contribution in [-0.2, 0) is 31.4 Å². The number of hydrogen-bond acceptors (Lipinski definition) is 7. The molecular weight excluding hydrogens is 570 g/mol. The first-order valence-electron chi connectivity index (χ1n) is 12.5. The number of carbonyl (C=O) groups is 3. The molecule has 1 unspecified atom stereocenters. The van der Waals surface area contributed by atoms with Crippen LogP contribution in [0.15, 0.2) is 82.5 Å². The number of nitrogens with zero attached hydrogens (tertiary/aromatic N) is 1. The number of sulfonamides is 1. The molecule has 1 atom stereocenters. The third kappa shape index (κ3) is 6.31. The maximum absolute atomic E-state index is 13.6. The van der Waals surface area contributed by atoms with Crippen LogP contribution in [0.1, 0.15) is 30.8 Å². The van der Waals surface area contributed by atoms with E-state index in [2.05, 4.69) is 5.32 Å². The second-order valence-electron chi connectivity index (χ2n) is 9.12. The lowest BCUT2D eigenvalue weighted by Crippen LogP contribution is -2.34. The highest BCUT2D eigenvalue weighted by molar-refractivity contribution is 7.90. The normalized spacial score (nSPS) is 12.0. The van der Waals surface area contributed by atoms with Gasteiger partial charge in [0.05, 0.1) is 4.90 Å². The van der Waals surface area contributed by atoms with Crippen LogP contribution >= 0.6 is 11.6 Å². The molecule has 41 heavy (non-hydrogen) atoms. The van der Waals surface area contributed by atoms with E-state index in [-0.39, 0.29) is 22.7 Å². The summed E-state index contributed by atoms with van der Waals surface area (Å²) in [6.07, 6.45) is -1.12. The minimum atomic E-state index is -4.04. The fourth-order valence-electron chi connectivity index (χ4n) is 4.31. The van der Waals surface area contributed by atoms with Crippen LogP contribution < -0.4 is 15.6 Å². The predicted octanol–water partition coefficient (Wildman–Crippen LogP) is 4.26. The van der Waals surface area contributed by atoms with Gasteiger partial charge in [-0.2, -0.15) is 0 Å². The van der Waals surface area contributed by atoms with Gasteiger partial charge in [0.2, 0.25) is 5.91 Å². The second kappa shape index (κ2) is 11.9. The number of aromatic nitrogens is 1. The van der Waals surface area contributed by atoms with Gasteiger partial charge in [-0.25, -0.2) is 17.9 Å². The van der Waals surface area contributed by atoms with Crippen LogP contribution in [-0.4, -0.2) is 36.9 Å². The van der Waals surface area contributed by atoms with Gasteiger partial charge in [-0.05, 0) is 59.8 Å². The smallest absolute Gasteiger partial charge is 0.356 e. The Labute approximate surface area is 240 Å². The number of amides is 2. The van der Waals surface area contributed by atoms with Crippen LogP contribution in [0.3, 0.4) is 0 Å². The number of rotatable bonds is 8. The van der Waals surface area contributed by atoms with Crippen molar-refractivity contribution in [2.24, 2.45) is 7.05 Å². The van der Waals surface area contributed by atoms with Crippen molar-refractivity contribution in [3.8, 4) is 11.1 Å². The molecule has 0 saturated carbocycles. The Morgan fingerprint density at radius 3 is 2.15 bits per heavy atom. The van der Waals surface area contributed by atoms with Crippen molar-refractivity contribution in [3.05, 3.63) is 93.9 Å². The number of hydrogen-bond donors (Lipinski definition) is 2. The van der Waals surface area contributed by atoms with Gasteiger partial charge < -0.3 is 14.6 Å². The second-order valence-corrected chi connectivity index (χ2v) is 11.2. The van der Waals surface area contributed by atoms with Crippen molar-refractivity contribution >= 4 is 55.9 Å². The molecule has 212 valence electrons. The van der Waals surface area contributed by atoms with Crippen LogP contribution in [0.4, 0.5) is 5.69 Å². The molecule has 0 aliphatic carbocycles. The monoisotopic (exact) mass is 595 g/mol. The zero-order valence-corrected chi connectivity index (χ0v) is 23.9. The first kappa shape index (κ1) is 29.5. The zero-order chi connectivity index (χ0) is 29.9. The minimum absolute atomic E-state index is 0.0326. The Bertz CT molecular complexity index is 1820. The molecule has 2 amide bonds. The lowest BCUT2D eigenvalue weighted by Gasteiger charge is -2.20. The van der Waals surface area contributed by atoms with Crippen LogP contribution in [0.25, 0.3) is 21.9 Å². The molecule has 10 nitrogen and oxygen atoms in total. The average Bonchev–Trinajstić information content (AvgIpc) is 2.93. The van der Waals surface area contributed by atoms with E-state index in [1.807, 2.05) is 4.72 Å². The topological polar surface area (TPSA) is 141 Å². The lowest BCUT2D eigenvalue weighted by molar-refractivity contribution is -0.124. The molecule has 1 heterocycles. The number of nitrogens with one attached hydrogen (secondary N) is 2. The van der Waals surface area contributed by atoms with E-state index in [1.165, 1.54) is 35.9 Å². The highest BCUT2D eigenvalue weighted by Gasteiger charge is 2.28. The molecule has 0 bridgehead atoms. The summed E-state index contributed by atoms with van der Waals surface area (Å²) in [4.78, 5) is 50.8. The van der Waals surface area contributed by atoms with Gasteiger partial charge in [0.15, 0.2) is 6.10 Å². The molecule has 0 saturated heterocycles. The maximum atomic E-state index is 13.6. The lowest BCUT2D eigenvalue weighted by atomic mass is 9.96. The van der Waals surface area contributed by atoms with E-state index >= 15 is 0 Å². The van der Waals surface area contributed by atoms with Crippen molar-refractivity contribution < 1.29 is 27.5 Å². The Hall–Kier alpha value is -4.48. The van der Waals surface area contributed by atoms with E-state index < -0.39 is 39.5 Å². The summed E-state index contributed by atoms with van der Waals surface area (Å²) in [6.45, 7) is 2.73. The highest BCUT2D eigenvalue weighted by Crippen LogP contribution is 2.32. The number of ether oxygens (including phenoxy) is 1. The van der Waals surface area contributed by atoms with Crippen LogP contribution in [0, 0.1) is 0 Å². The van der Waals surface area contributed by atoms with Gasteiger partial charge >= 0.3 is 5.97 Å². The van der Waals surface area contributed by atoms with E-state index in [9.17, 15) is 27.6 Å². The van der Waals surface area contributed by atoms with Crippen molar-refractivity contribution in [3.63, 3.8) is 0 Å². The van der Waals surface area contributed by atoms with Crippen LogP contribution in [0.2, 0.25) is 5.02 Å². The van der Waals surface area contributed by atoms with E-state index in [0.717, 1.165) is 6.92 Å². The first-order valence-corrected chi connectivity index (χ1v) is 14.3. The highest BCUT2D eigenvalue weighted by atomic mass is 35.5. The fourth-order valence-corrected chi connectivity index (χ4v) is 5.43. The zero-order valence-electron chi connectivity index (χ0n) is 22.3. The van der Waals surface area contributed by atoms with Gasteiger partial charge in [0.1, 0.15) is 5.69 Å². The minimum Gasteiger partial charge on any atom is -0.448 e. The Kier molecular flexibility index (Phi) is 8.60. The summed E-state index contributed by atoms with van der Waals surface area (Å²) in [5, 5.41) is 4.04. The molecule has 0 radical (unpaired) electrons. The average molecular weight is 596 g/mol. The molecule has 0 fully saturated rings. The summed E-state index contributed by atoms with van der Waals surface area (Å²) < 4.78 is 33.0. The third-order valence-electron chi connectivity index (χ3n) is 6.25. The SMILES string of the molecule is CCC(OC(=O)c1c(-c2ccc(Cl)cc2)c2ccccc2c(=O)n1C)C(=O)Nc1ccc(S(=O)(=O)NC(C)=O)cc1. The molecule has 0 spiro atoms. The number of fused-ring (bicyclic) bond motifs is 1. The summed E-state index contributed by atoms with van der Waals surface area (Å²) in [5.41, 5.74) is 0.883. The van der Waals surface area contributed by atoms with Crippen molar-refractivity contribution in [1.29, 1.82) is 0 Å². The van der Waals surface area contributed by atoms with Crippen molar-refractivity contribution in [1.82, 2.24) is 9.29 Å². The summed E-state index contributed by atoms with van der Waals surface area (Å²) in [7, 11) is -2.58. The summed E-state index contributed by atoms with van der Waals surface area (Å²) >= 11 is 6.08. The molecule has 3 aromatic carbocycles. The molecule has 4 rings (SSSR count). The summed E-state index contributed by atoms with van der Waals surface area (Å²) in [6, 6.07) is 18.8. The summed E-state index contributed by atoms with van der Waals surface area (Å²) in [5.74, 6) is -2.27. The molecule has 1 aromatic heterocycles. The molecule has 2 N–H and O–H groups in total. The predicted molar refractivity (Wildman–Crippen MR) is 155 cm³/mol. The molecule has 0 aliphatic rings.